The van der Waals surface area contributed by atoms with Gasteiger partial charge in [0.1, 0.15) is 6.04 Å². The average molecular weight is 289 g/mol. The van der Waals surface area contributed by atoms with Crippen molar-refractivity contribution in [3.8, 4) is 0 Å². The van der Waals surface area contributed by atoms with E-state index in [1.54, 1.807) is 25.4 Å². The second-order valence-corrected chi connectivity index (χ2v) is 6.62. The quantitative estimate of drug-likeness (QED) is 0.721. The molecule has 0 radical (unpaired) electrons. The van der Waals surface area contributed by atoms with E-state index in [1.807, 2.05) is 0 Å². The van der Waals surface area contributed by atoms with Crippen molar-refractivity contribution in [1.82, 2.24) is 4.98 Å². The molecule has 0 unspecified atom stereocenters. The summed E-state index contributed by atoms with van der Waals surface area (Å²) >= 11 is 2.53. The Morgan fingerprint density at radius 1 is 1.67 bits per heavy atom. The topological polar surface area (TPSA) is 105 Å². The van der Waals surface area contributed by atoms with Crippen LogP contribution in [0, 0.1) is 0 Å². The lowest BCUT2D eigenvalue weighted by atomic mass is 10.1. The van der Waals surface area contributed by atoms with Crippen molar-refractivity contribution in [2.45, 2.75) is 24.6 Å². The Bertz CT molecular complexity index is 420. The minimum Gasteiger partial charge on any atom is -0.480 e. The number of aromatic nitrogens is 1. The van der Waals surface area contributed by atoms with E-state index in [0.29, 0.717) is 5.13 Å². The van der Waals surface area contributed by atoms with Crippen LogP contribution in [0.5, 0.6) is 0 Å². The Morgan fingerprint density at radius 2 is 2.33 bits per heavy atom. The molecule has 1 atom stereocenters. The summed E-state index contributed by atoms with van der Waals surface area (Å²) in [6, 6.07) is -1.02. The fourth-order valence-corrected chi connectivity index (χ4v) is 2.48. The number of carboxylic acid groups (broad SMARTS) is 1. The maximum Gasteiger partial charge on any atom is 0.321 e. The zero-order chi connectivity index (χ0) is 13.8. The number of nitrogens with two attached hydrogens (primary N) is 1. The number of thiazole rings is 1. The van der Waals surface area contributed by atoms with Crippen LogP contribution >= 0.6 is 23.1 Å². The number of aliphatic carboxylic acids is 1. The number of carboxylic acids is 1. The molecule has 1 rings (SSSR count). The van der Waals surface area contributed by atoms with Gasteiger partial charge in [-0.05, 0) is 13.8 Å². The number of nitrogens with zero attached hydrogens (tertiary/aromatic N) is 1. The number of amides is 1. The number of carbonyl (C=O) groups is 2. The van der Waals surface area contributed by atoms with Crippen LogP contribution in [-0.2, 0) is 9.59 Å². The Hall–Kier alpha value is -1.12. The standard InChI is InChI=1S/C10H15N3O3S2/c1-10(2,7(11)8(15)16)18-5-6(14)13-9-12-3-4-17-9/h3-4,7H,5,11H2,1-2H3,(H,15,16)(H,12,13,14)/t7-/m0/s1. The zero-order valence-corrected chi connectivity index (χ0v) is 11.7. The number of hydrogen-bond acceptors (Lipinski definition) is 6. The van der Waals surface area contributed by atoms with Crippen LogP contribution in [0.2, 0.25) is 0 Å². The molecular formula is C10H15N3O3S2. The molecule has 100 valence electrons. The van der Waals surface area contributed by atoms with Crippen LogP contribution in [0.4, 0.5) is 5.13 Å². The van der Waals surface area contributed by atoms with Crippen LogP contribution in [-0.4, -0.2) is 38.5 Å². The number of anilines is 1. The van der Waals surface area contributed by atoms with Gasteiger partial charge in [-0.15, -0.1) is 23.1 Å². The van der Waals surface area contributed by atoms with Crippen molar-refractivity contribution in [3.63, 3.8) is 0 Å². The predicted molar refractivity (Wildman–Crippen MR) is 72.9 cm³/mol. The van der Waals surface area contributed by atoms with Gasteiger partial charge in [-0.1, -0.05) is 0 Å². The Labute approximate surface area is 113 Å². The third-order valence-electron chi connectivity index (χ3n) is 2.27. The Morgan fingerprint density at radius 3 is 2.83 bits per heavy atom. The minimum absolute atomic E-state index is 0.133. The highest BCUT2D eigenvalue weighted by molar-refractivity contribution is 8.01. The average Bonchev–Trinajstić information content (AvgIpc) is 2.78. The van der Waals surface area contributed by atoms with E-state index >= 15 is 0 Å². The molecule has 0 aliphatic heterocycles. The molecule has 0 bridgehead atoms. The molecule has 0 saturated heterocycles. The molecule has 1 heterocycles. The lowest BCUT2D eigenvalue weighted by molar-refractivity contribution is -0.139. The molecule has 0 spiro atoms. The van der Waals surface area contributed by atoms with Crippen molar-refractivity contribution in [2.24, 2.45) is 5.73 Å². The summed E-state index contributed by atoms with van der Waals surface area (Å²) in [5.74, 6) is -1.17. The first-order valence-corrected chi connectivity index (χ1v) is 7.01. The lowest BCUT2D eigenvalue weighted by Gasteiger charge is -2.27. The molecule has 4 N–H and O–H groups in total. The summed E-state index contributed by atoms with van der Waals surface area (Å²) in [5.41, 5.74) is 5.55. The number of rotatable bonds is 6. The smallest absolute Gasteiger partial charge is 0.321 e. The number of thioether (sulfide) groups is 1. The first-order chi connectivity index (χ1) is 8.33. The van der Waals surface area contributed by atoms with Crippen LogP contribution in [0.1, 0.15) is 13.8 Å². The SMILES string of the molecule is CC(C)(SCC(=O)Nc1nccs1)[C@@H](N)C(=O)O. The highest BCUT2D eigenvalue weighted by Gasteiger charge is 2.33. The van der Waals surface area contributed by atoms with E-state index in [9.17, 15) is 9.59 Å². The van der Waals surface area contributed by atoms with Gasteiger partial charge in [0.05, 0.1) is 5.75 Å². The molecule has 1 aromatic rings. The second kappa shape index (κ2) is 6.17. The fourth-order valence-electron chi connectivity index (χ4n) is 1.08. The summed E-state index contributed by atoms with van der Waals surface area (Å²) in [7, 11) is 0. The minimum atomic E-state index is -1.08. The molecule has 1 amide bonds. The molecule has 0 aliphatic rings. The fraction of sp³-hybridized carbons (Fsp3) is 0.500. The van der Waals surface area contributed by atoms with Gasteiger partial charge in [-0.3, -0.25) is 9.59 Å². The Balaban J connectivity index is 2.44. The van der Waals surface area contributed by atoms with Crippen LogP contribution < -0.4 is 11.1 Å². The number of nitrogens with one attached hydrogen (secondary N) is 1. The van der Waals surface area contributed by atoms with Gasteiger partial charge in [0.15, 0.2) is 5.13 Å². The summed E-state index contributed by atoms with van der Waals surface area (Å²) in [5, 5.41) is 13.8. The van der Waals surface area contributed by atoms with E-state index in [0.717, 1.165) is 0 Å². The third kappa shape index (κ3) is 4.28. The monoisotopic (exact) mass is 289 g/mol. The van der Waals surface area contributed by atoms with Gasteiger partial charge in [-0.2, -0.15) is 0 Å². The van der Waals surface area contributed by atoms with Gasteiger partial charge in [0, 0.05) is 16.3 Å². The molecule has 0 fully saturated rings. The molecule has 18 heavy (non-hydrogen) atoms. The summed E-state index contributed by atoms with van der Waals surface area (Å²) in [6.07, 6.45) is 1.59. The van der Waals surface area contributed by atoms with Crippen molar-refractivity contribution < 1.29 is 14.7 Å². The number of carbonyl (C=O) groups excluding carboxylic acids is 1. The second-order valence-electron chi connectivity index (χ2n) is 4.09. The molecule has 8 heteroatoms. The van der Waals surface area contributed by atoms with E-state index in [-0.39, 0.29) is 11.7 Å². The first-order valence-electron chi connectivity index (χ1n) is 5.14. The van der Waals surface area contributed by atoms with Gasteiger partial charge in [0.2, 0.25) is 5.91 Å². The third-order valence-corrected chi connectivity index (χ3v) is 4.36. The highest BCUT2D eigenvalue weighted by atomic mass is 32.2. The largest absolute Gasteiger partial charge is 0.480 e. The van der Waals surface area contributed by atoms with Gasteiger partial charge in [-0.25, -0.2) is 4.98 Å². The molecule has 0 aliphatic carbocycles. The van der Waals surface area contributed by atoms with Crippen molar-refractivity contribution in [1.29, 1.82) is 0 Å². The van der Waals surface area contributed by atoms with Gasteiger partial charge in [0.25, 0.3) is 0 Å². The Kier molecular flexibility index (Phi) is 5.12. The molecule has 0 aromatic carbocycles. The maximum atomic E-state index is 11.6. The van der Waals surface area contributed by atoms with E-state index in [1.165, 1.54) is 23.1 Å². The molecule has 1 aromatic heterocycles. The van der Waals surface area contributed by atoms with Gasteiger partial charge >= 0.3 is 5.97 Å². The van der Waals surface area contributed by atoms with Crippen LogP contribution in [0.15, 0.2) is 11.6 Å². The summed E-state index contributed by atoms with van der Waals surface area (Å²) in [4.78, 5) is 26.3. The van der Waals surface area contributed by atoms with E-state index in [2.05, 4.69) is 10.3 Å². The maximum absolute atomic E-state index is 11.6. The summed E-state index contributed by atoms with van der Waals surface area (Å²) < 4.78 is -0.716. The van der Waals surface area contributed by atoms with Crippen molar-refractivity contribution in [2.75, 3.05) is 11.1 Å². The lowest BCUT2D eigenvalue weighted by Crippen LogP contribution is -2.47. The molecular weight excluding hydrogens is 274 g/mol. The van der Waals surface area contributed by atoms with E-state index in [4.69, 9.17) is 10.8 Å². The number of hydrogen-bond donors (Lipinski definition) is 3. The van der Waals surface area contributed by atoms with Crippen LogP contribution in [0.25, 0.3) is 0 Å². The molecule has 0 saturated carbocycles. The van der Waals surface area contributed by atoms with Gasteiger partial charge < -0.3 is 16.2 Å². The highest BCUT2D eigenvalue weighted by Crippen LogP contribution is 2.27. The normalized spacial score (nSPS) is 13.1. The predicted octanol–water partition coefficient (Wildman–Crippen LogP) is 1.01. The first kappa shape index (κ1) is 14.9. The van der Waals surface area contributed by atoms with Crippen molar-refractivity contribution >= 4 is 40.1 Å². The van der Waals surface area contributed by atoms with Crippen molar-refractivity contribution in [3.05, 3.63) is 11.6 Å². The molecule has 6 nitrogen and oxygen atoms in total. The zero-order valence-electron chi connectivity index (χ0n) is 10.0. The summed E-state index contributed by atoms with van der Waals surface area (Å²) in [6.45, 7) is 3.40. The van der Waals surface area contributed by atoms with Crippen LogP contribution in [0.3, 0.4) is 0 Å². The van der Waals surface area contributed by atoms with E-state index < -0.39 is 16.8 Å².